The smallest absolute Gasteiger partial charge is 0.241 e. The Labute approximate surface area is 226 Å². The molecule has 3 aliphatic heterocycles. The Kier molecular flexibility index (Phi) is 6.63. The first-order valence-corrected chi connectivity index (χ1v) is 13.2. The SMILES string of the molecule is O=C1[C@@H](Cc2ccccc2)NC2(CCN(C(=S)Nc3ccc(F)cc3)CC2)N1Cc1ccc2c(c1)OCO2. The van der Waals surface area contributed by atoms with Gasteiger partial charge in [-0.25, -0.2) is 4.39 Å². The molecule has 0 radical (unpaired) electrons. The number of nitrogens with zero attached hydrogens (tertiary/aromatic N) is 2. The molecular weight excluding hydrogens is 503 g/mol. The summed E-state index contributed by atoms with van der Waals surface area (Å²) in [5.41, 5.74) is 2.40. The highest BCUT2D eigenvalue weighted by molar-refractivity contribution is 7.80. The minimum atomic E-state index is -0.477. The Balaban J connectivity index is 1.20. The van der Waals surface area contributed by atoms with Gasteiger partial charge in [-0.3, -0.25) is 10.1 Å². The number of hydrogen-bond acceptors (Lipinski definition) is 5. The van der Waals surface area contributed by atoms with E-state index in [0.29, 0.717) is 36.9 Å². The van der Waals surface area contributed by atoms with Gasteiger partial charge in [0, 0.05) is 38.2 Å². The summed E-state index contributed by atoms with van der Waals surface area (Å²) in [5.74, 6) is 1.26. The van der Waals surface area contributed by atoms with E-state index in [1.54, 1.807) is 12.1 Å². The predicted octanol–water partition coefficient (Wildman–Crippen LogP) is 4.29. The number of carbonyl (C=O) groups is 1. The molecule has 38 heavy (non-hydrogen) atoms. The van der Waals surface area contributed by atoms with E-state index in [1.165, 1.54) is 12.1 Å². The van der Waals surface area contributed by atoms with Gasteiger partial charge in [0.2, 0.25) is 12.7 Å². The van der Waals surface area contributed by atoms with Gasteiger partial charge in [-0.1, -0.05) is 36.4 Å². The van der Waals surface area contributed by atoms with E-state index in [-0.39, 0.29) is 24.6 Å². The van der Waals surface area contributed by atoms with Crippen molar-refractivity contribution in [2.75, 3.05) is 25.2 Å². The topological polar surface area (TPSA) is 66.1 Å². The number of fused-ring (bicyclic) bond motifs is 1. The molecule has 1 spiro atoms. The maximum Gasteiger partial charge on any atom is 0.241 e. The summed E-state index contributed by atoms with van der Waals surface area (Å²) in [5, 5.41) is 7.53. The van der Waals surface area contributed by atoms with Gasteiger partial charge in [0.1, 0.15) is 5.82 Å². The number of carbonyl (C=O) groups excluding carboxylic acids is 1. The third-order valence-electron chi connectivity index (χ3n) is 7.56. The van der Waals surface area contributed by atoms with Crippen molar-refractivity contribution in [2.24, 2.45) is 0 Å². The Hall–Kier alpha value is -3.69. The number of nitrogens with one attached hydrogen (secondary N) is 2. The highest BCUT2D eigenvalue weighted by Gasteiger charge is 2.51. The van der Waals surface area contributed by atoms with Crippen LogP contribution in [0.25, 0.3) is 0 Å². The largest absolute Gasteiger partial charge is 0.454 e. The lowest BCUT2D eigenvalue weighted by atomic mass is 9.95. The predicted molar refractivity (Wildman–Crippen MR) is 146 cm³/mol. The summed E-state index contributed by atoms with van der Waals surface area (Å²) in [6.45, 7) is 2.06. The lowest BCUT2D eigenvalue weighted by Crippen LogP contribution is -2.59. The van der Waals surface area contributed by atoms with Crippen LogP contribution in [0.5, 0.6) is 11.5 Å². The maximum absolute atomic E-state index is 13.8. The van der Waals surface area contributed by atoms with Gasteiger partial charge in [0.05, 0.1) is 11.7 Å². The number of rotatable bonds is 5. The van der Waals surface area contributed by atoms with Crippen molar-refractivity contribution in [3.05, 3.63) is 89.7 Å². The number of ether oxygens (including phenoxy) is 2. The molecule has 0 unspecified atom stereocenters. The lowest BCUT2D eigenvalue weighted by molar-refractivity contribution is -0.134. The molecule has 2 fully saturated rings. The summed E-state index contributed by atoms with van der Waals surface area (Å²) >= 11 is 5.66. The van der Waals surface area contributed by atoms with E-state index in [9.17, 15) is 9.18 Å². The van der Waals surface area contributed by atoms with Crippen molar-refractivity contribution < 1.29 is 18.7 Å². The molecule has 0 bridgehead atoms. The number of likely N-dealkylation sites (tertiary alicyclic amines) is 1. The van der Waals surface area contributed by atoms with Gasteiger partial charge in [-0.2, -0.15) is 0 Å². The number of halogens is 1. The highest BCUT2D eigenvalue weighted by Crippen LogP contribution is 2.37. The van der Waals surface area contributed by atoms with Crippen molar-refractivity contribution in [1.82, 2.24) is 15.1 Å². The van der Waals surface area contributed by atoms with Crippen molar-refractivity contribution in [1.29, 1.82) is 0 Å². The molecule has 6 rings (SSSR count). The number of benzene rings is 3. The molecule has 3 aliphatic rings. The van der Waals surface area contributed by atoms with E-state index < -0.39 is 5.66 Å². The van der Waals surface area contributed by atoms with Crippen molar-refractivity contribution in [2.45, 2.75) is 37.5 Å². The van der Waals surface area contributed by atoms with Crippen LogP contribution in [-0.2, 0) is 17.8 Å². The van der Waals surface area contributed by atoms with Crippen molar-refractivity contribution in [3.8, 4) is 11.5 Å². The second-order valence-electron chi connectivity index (χ2n) is 9.95. The number of thiocarbonyl (C=S) groups is 1. The maximum atomic E-state index is 13.8. The van der Waals surface area contributed by atoms with Crippen LogP contribution in [0.1, 0.15) is 24.0 Å². The molecule has 2 N–H and O–H groups in total. The summed E-state index contributed by atoms with van der Waals surface area (Å²) in [4.78, 5) is 17.9. The van der Waals surface area contributed by atoms with Crippen LogP contribution in [0.15, 0.2) is 72.8 Å². The molecule has 196 valence electrons. The molecule has 0 aromatic heterocycles. The van der Waals surface area contributed by atoms with Crippen LogP contribution in [0.2, 0.25) is 0 Å². The van der Waals surface area contributed by atoms with E-state index in [0.717, 1.165) is 35.4 Å². The normalized spacial score (nSPS) is 19.7. The monoisotopic (exact) mass is 532 g/mol. The number of piperidine rings is 1. The van der Waals surface area contributed by atoms with Gasteiger partial charge in [-0.15, -0.1) is 0 Å². The van der Waals surface area contributed by atoms with E-state index >= 15 is 0 Å². The zero-order valence-electron chi connectivity index (χ0n) is 20.9. The van der Waals surface area contributed by atoms with E-state index in [4.69, 9.17) is 21.7 Å². The molecule has 3 aromatic carbocycles. The highest BCUT2D eigenvalue weighted by atomic mass is 32.1. The van der Waals surface area contributed by atoms with Crippen molar-refractivity contribution >= 4 is 28.9 Å². The molecule has 7 nitrogen and oxygen atoms in total. The summed E-state index contributed by atoms with van der Waals surface area (Å²) in [7, 11) is 0. The van der Waals surface area contributed by atoms with Crippen LogP contribution >= 0.6 is 12.2 Å². The molecule has 1 amide bonds. The average molecular weight is 533 g/mol. The van der Waals surface area contributed by atoms with Gasteiger partial charge in [-0.05, 0) is 66.2 Å². The first-order valence-electron chi connectivity index (χ1n) is 12.8. The van der Waals surface area contributed by atoms with Crippen LogP contribution in [0.3, 0.4) is 0 Å². The first kappa shape index (κ1) is 24.6. The van der Waals surface area contributed by atoms with Crippen molar-refractivity contribution in [3.63, 3.8) is 0 Å². The van der Waals surface area contributed by atoms with Crippen LogP contribution < -0.4 is 20.1 Å². The van der Waals surface area contributed by atoms with Gasteiger partial charge < -0.3 is 24.6 Å². The third-order valence-corrected chi connectivity index (χ3v) is 7.92. The Morgan fingerprint density at radius 1 is 1.00 bits per heavy atom. The fraction of sp³-hybridized carbons (Fsp3) is 0.310. The zero-order chi connectivity index (χ0) is 26.1. The minimum absolute atomic E-state index is 0.104. The summed E-state index contributed by atoms with van der Waals surface area (Å²) in [6, 6.07) is 21.8. The Morgan fingerprint density at radius 3 is 2.50 bits per heavy atom. The quantitative estimate of drug-likeness (QED) is 0.476. The van der Waals surface area contributed by atoms with E-state index in [2.05, 4.69) is 27.7 Å². The Morgan fingerprint density at radius 2 is 1.74 bits per heavy atom. The molecule has 9 heteroatoms. The second kappa shape index (κ2) is 10.2. The number of amides is 1. The van der Waals surface area contributed by atoms with Crippen LogP contribution in [-0.4, -0.2) is 52.4 Å². The molecule has 2 saturated heterocycles. The number of hydrogen-bond donors (Lipinski definition) is 2. The van der Waals surface area contributed by atoms with Crippen LogP contribution in [0.4, 0.5) is 10.1 Å². The fourth-order valence-electron chi connectivity index (χ4n) is 5.53. The molecule has 0 aliphatic carbocycles. The summed E-state index contributed by atoms with van der Waals surface area (Å²) < 4.78 is 24.3. The summed E-state index contributed by atoms with van der Waals surface area (Å²) in [6.07, 6.45) is 2.08. The molecule has 3 heterocycles. The van der Waals surface area contributed by atoms with Gasteiger partial charge in [0.25, 0.3) is 0 Å². The van der Waals surface area contributed by atoms with Crippen LogP contribution in [0, 0.1) is 5.82 Å². The van der Waals surface area contributed by atoms with E-state index in [1.807, 2.05) is 41.3 Å². The molecule has 3 aromatic rings. The molecule has 1 atom stereocenters. The van der Waals surface area contributed by atoms with Gasteiger partial charge >= 0.3 is 0 Å². The molecular formula is C29H29FN4O3S. The zero-order valence-corrected chi connectivity index (χ0v) is 21.7. The standard InChI is InChI=1S/C29H29FN4O3S/c30-22-7-9-23(10-8-22)31-28(38)33-14-12-29(13-15-33)32-24(16-20-4-2-1-3-5-20)27(35)34(29)18-21-6-11-25-26(17-21)37-19-36-25/h1-11,17,24,32H,12-16,18-19H2,(H,31,38)/t24-/m1/s1. The number of anilines is 1. The van der Waals surface area contributed by atoms with Gasteiger partial charge in [0.15, 0.2) is 16.6 Å². The Bertz CT molecular complexity index is 1330. The second-order valence-corrected chi connectivity index (χ2v) is 10.3. The minimum Gasteiger partial charge on any atom is -0.454 e. The third kappa shape index (κ3) is 4.91. The first-order chi connectivity index (χ1) is 18.5. The molecule has 0 saturated carbocycles. The fourth-order valence-corrected chi connectivity index (χ4v) is 5.83. The lowest BCUT2D eigenvalue weighted by Gasteiger charge is -2.45. The average Bonchev–Trinajstić information content (AvgIpc) is 3.49.